The molecule has 0 aliphatic rings. The predicted molar refractivity (Wildman–Crippen MR) is 107 cm³/mol. The highest BCUT2D eigenvalue weighted by Gasteiger charge is 2.33. The molecule has 2 aromatic rings. The lowest BCUT2D eigenvalue weighted by atomic mass is 10.0. The Bertz CT molecular complexity index is 822. The summed E-state index contributed by atoms with van der Waals surface area (Å²) in [6.07, 6.45) is -3.67. The minimum Gasteiger partial charge on any atom is -0.388 e. The molecule has 152 valence electrons. The molecule has 2 rings (SSSR count). The van der Waals surface area contributed by atoms with Gasteiger partial charge in [0.1, 0.15) is 0 Å². The van der Waals surface area contributed by atoms with Crippen LogP contribution in [-0.4, -0.2) is 25.3 Å². The van der Waals surface area contributed by atoms with Gasteiger partial charge in [-0.2, -0.15) is 13.2 Å². The predicted octanol–water partition coefficient (Wildman–Crippen LogP) is 6.13. The van der Waals surface area contributed by atoms with Crippen LogP contribution in [0, 0.1) is 5.41 Å². The summed E-state index contributed by atoms with van der Waals surface area (Å²) in [5, 5.41) is 10.3. The molecule has 0 atom stereocenters. The zero-order valence-electron chi connectivity index (χ0n) is 15.9. The largest absolute Gasteiger partial charge is 0.417 e. The number of benzene rings is 2. The van der Waals surface area contributed by atoms with Crippen LogP contribution in [-0.2, 0) is 6.18 Å². The molecule has 0 spiro atoms. The van der Waals surface area contributed by atoms with E-state index >= 15 is 0 Å². The van der Waals surface area contributed by atoms with Crippen LogP contribution in [0.2, 0.25) is 5.02 Å². The zero-order chi connectivity index (χ0) is 21.9. The Morgan fingerprint density at radius 2 is 1.64 bits per heavy atom. The van der Waals surface area contributed by atoms with Crippen LogP contribution in [0.3, 0.4) is 0 Å². The van der Waals surface area contributed by atoms with E-state index in [4.69, 9.17) is 17.0 Å². The van der Waals surface area contributed by atoms with Crippen molar-refractivity contribution in [3.8, 4) is 0 Å². The molecule has 0 unspecified atom stereocenters. The third kappa shape index (κ3) is 6.81. The second kappa shape index (κ2) is 11.9. The van der Waals surface area contributed by atoms with E-state index < -0.39 is 17.3 Å². The van der Waals surface area contributed by atoms with Crippen molar-refractivity contribution in [1.82, 2.24) is 0 Å². The van der Waals surface area contributed by atoms with E-state index in [9.17, 15) is 22.8 Å². The fourth-order valence-corrected chi connectivity index (χ4v) is 2.42. The normalized spacial score (nSPS) is 9.86. The van der Waals surface area contributed by atoms with Crippen molar-refractivity contribution in [2.24, 2.45) is 0 Å². The molecular formula is C20H22ClF3N2O2. The second-order valence-electron chi connectivity index (χ2n) is 5.08. The van der Waals surface area contributed by atoms with Gasteiger partial charge in [-0.3, -0.25) is 9.59 Å². The Balaban J connectivity index is 0.000000478. The Hall–Kier alpha value is -2.67. The van der Waals surface area contributed by atoms with Crippen molar-refractivity contribution in [2.75, 3.05) is 12.4 Å². The fourth-order valence-electron chi connectivity index (χ4n) is 2.20. The van der Waals surface area contributed by atoms with Crippen LogP contribution in [0.1, 0.15) is 52.6 Å². The number of halogens is 4. The highest BCUT2D eigenvalue weighted by molar-refractivity contribution is 6.33. The number of carbonyl (C=O) groups excluding carboxylic acids is 2. The van der Waals surface area contributed by atoms with Gasteiger partial charge in [0.2, 0.25) is 0 Å². The van der Waals surface area contributed by atoms with Crippen LogP contribution in [0.15, 0.2) is 36.4 Å². The Kier molecular flexibility index (Phi) is 10.8. The second-order valence-corrected chi connectivity index (χ2v) is 5.49. The summed E-state index contributed by atoms with van der Waals surface area (Å²) in [7, 11) is 1.77. The minimum absolute atomic E-state index is 0.102. The number of hydrogen-bond acceptors (Lipinski definition) is 4. The van der Waals surface area contributed by atoms with Gasteiger partial charge in [0.25, 0.3) is 0 Å². The van der Waals surface area contributed by atoms with Crippen molar-refractivity contribution in [3.05, 3.63) is 63.7 Å². The van der Waals surface area contributed by atoms with Gasteiger partial charge >= 0.3 is 6.18 Å². The molecule has 0 heterocycles. The number of anilines is 1. The summed E-state index contributed by atoms with van der Waals surface area (Å²) in [5.41, 5.74) is 0.926. The molecule has 0 saturated carbocycles. The van der Waals surface area contributed by atoms with E-state index in [-0.39, 0.29) is 11.3 Å². The van der Waals surface area contributed by atoms with Gasteiger partial charge in [0, 0.05) is 35.1 Å². The van der Waals surface area contributed by atoms with Crippen molar-refractivity contribution >= 4 is 35.6 Å². The molecular weight excluding hydrogens is 393 g/mol. The molecule has 28 heavy (non-hydrogen) atoms. The summed E-state index contributed by atoms with van der Waals surface area (Å²) >= 11 is 5.40. The number of nitrogens with one attached hydrogen (secondary N) is 2. The molecule has 0 aliphatic carbocycles. The van der Waals surface area contributed by atoms with E-state index in [1.165, 1.54) is 6.07 Å². The van der Waals surface area contributed by atoms with E-state index in [2.05, 4.69) is 5.32 Å². The van der Waals surface area contributed by atoms with Gasteiger partial charge in [-0.25, -0.2) is 0 Å². The summed E-state index contributed by atoms with van der Waals surface area (Å²) in [6.45, 7) is 5.67. The van der Waals surface area contributed by atoms with Gasteiger partial charge < -0.3 is 10.7 Å². The zero-order valence-corrected chi connectivity index (χ0v) is 16.7. The Morgan fingerprint density at radius 3 is 2.04 bits per heavy atom. The molecule has 0 aliphatic heterocycles. The number of alkyl halides is 3. The quantitative estimate of drug-likeness (QED) is 0.467. The van der Waals surface area contributed by atoms with Gasteiger partial charge in [0.15, 0.2) is 12.6 Å². The van der Waals surface area contributed by atoms with Gasteiger partial charge in [0.05, 0.1) is 10.6 Å². The molecule has 8 heteroatoms. The molecule has 0 aromatic heterocycles. The summed E-state index contributed by atoms with van der Waals surface area (Å²) in [4.78, 5) is 21.0. The van der Waals surface area contributed by atoms with E-state index in [0.717, 1.165) is 24.1 Å². The van der Waals surface area contributed by atoms with Crippen LogP contribution in [0.5, 0.6) is 0 Å². The molecule has 4 nitrogen and oxygen atoms in total. The molecule has 0 fully saturated rings. The number of carbonyl (C=O) groups is 2. The maximum absolute atomic E-state index is 12.2. The first-order chi connectivity index (χ1) is 13.2. The first kappa shape index (κ1) is 25.3. The maximum atomic E-state index is 12.2. The van der Waals surface area contributed by atoms with Crippen molar-refractivity contribution < 1.29 is 22.8 Å². The molecule has 0 radical (unpaired) electrons. The van der Waals surface area contributed by atoms with Crippen molar-refractivity contribution in [2.45, 2.75) is 26.9 Å². The highest BCUT2D eigenvalue weighted by Crippen LogP contribution is 2.33. The van der Waals surface area contributed by atoms with Gasteiger partial charge in [-0.15, -0.1) is 0 Å². The van der Waals surface area contributed by atoms with Crippen molar-refractivity contribution in [3.63, 3.8) is 0 Å². The lowest BCUT2D eigenvalue weighted by Gasteiger charge is -2.09. The summed E-state index contributed by atoms with van der Waals surface area (Å²) < 4.78 is 36.6. The first-order valence-corrected chi connectivity index (χ1v) is 8.67. The van der Waals surface area contributed by atoms with Crippen LogP contribution < -0.4 is 5.32 Å². The third-order valence-corrected chi connectivity index (χ3v) is 3.67. The van der Waals surface area contributed by atoms with Crippen LogP contribution >= 0.6 is 11.6 Å². The summed E-state index contributed by atoms with van der Waals surface area (Å²) in [6, 6.07) is 8.55. The fraction of sp³-hybridized carbons (Fsp3) is 0.250. The van der Waals surface area contributed by atoms with Crippen LogP contribution in [0.25, 0.3) is 0 Å². The Labute approximate surface area is 167 Å². The maximum Gasteiger partial charge on any atom is 0.417 e. The lowest BCUT2D eigenvalue weighted by molar-refractivity contribution is -0.137. The summed E-state index contributed by atoms with van der Waals surface area (Å²) in [5.74, 6) is 0. The average Bonchev–Trinajstić information content (AvgIpc) is 2.68. The molecule has 0 bridgehead atoms. The SMILES string of the molecule is CC.CNc1cccc(C=O)c1C(C)=N.O=Cc1c(Cl)cccc1C(F)(F)F. The van der Waals surface area contributed by atoms with E-state index in [1.807, 2.05) is 19.9 Å². The standard InChI is InChI=1S/C10H12N2O.C8H4ClF3O.C2H6/c1-7(11)10-8(6-13)4-3-5-9(10)12-2;9-7-3-1-2-6(5(7)4-13)8(10,11)12;1-2/h3-6,11-12H,1-2H3;1-4H;1-2H3. The van der Waals surface area contributed by atoms with E-state index in [1.54, 1.807) is 26.1 Å². The van der Waals surface area contributed by atoms with Crippen LogP contribution in [0.4, 0.5) is 18.9 Å². The topological polar surface area (TPSA) is 70.0 Å². The smallest absolute Gasteiger partial charge is 0.388 e. The number of hydrogen-bond donors (Lipinski definition) is 2. The molecule has 0 saturated heterocycles. The first-order valence-electron chi connectivity index (χ1n) is 8.29. The number of aldehydes is 2. The monoisotopic (exact) mass is 414 g/mol. The lowest BCUT2D eigenvalue weighted by Crippen LogP contribution is -2.08. The van der Waals surface area contributed by atoms with Crippen molar-refractivity contribution in [1.29, 1.82) is 5.41 Å². The number of rotatable bonds is 4. The third-order valence-electron chi connectivity index (χ3n) is 3.34. The van der Waals surface area contributed by atoms with Gasteiger partial charge in [-0.1, -0.05) is 43.6 Å². The Morgan fingerprint density at radius 1 is 1.07 bits per heavy atom. The highest BCUT2D eigenvalue weighted by atomic mass is 35.5. The molecule has 2 N–H and O–H groups in total. The molecule has 2 aromatic carbocycles. The minimum atomic E-state index is -4.54. The average molecular weight is 415 g/mol. The molecule has 0 amide bonds. The van der Waals surface area contributed by atoms with E-state index in [0.29, 0.717) is 16.8 Å². The van der Waals surface area contributed by atoms with Gasteiger partial charge in [-0.05, 0) is 25.1 Å².